The Morgan fingerprint density at radius 2 is 1.26 bits per heavy atom. The SMILES string of the molecule is CC(C)(C)c1ccc(OCCn2c(=N)n(CCCOc3ccc(Cl)cc3)c3ccccc32)cc1. The van der Waals surface area contributed by atoms with Gasteiger partial charge in [0.2, 0.25) is 5.62 Å². The zero-order chi connectivity index (χ0) is 24.1. The molecule has 34 heavy (non-hydrogen) atoms. The Bertz CT molecular complexity index is 1280. The molecule has 0 spiro atoms. The van der Waals surface area contributed by atoms with Crippen LogP contribution in [-0.4, -0.2) is 22.3 Å². The molecule has 0 amide bonds. The second-order valence-electron chi connectivity index (χ2n) is 9.39. The summed E-state index contributed by atoms with van der Waals surface area (Å²) < 4.78 is 15.9. The summed E-state index contributed by atoms with van der Waals surface area (Å²) in [6.07, 6.45) is 0.795. The molecule has 0 unspecified atom stereocenters. The van der Waals surface area contributed by atoms with Crippen molar-refractivity contribution in [1.82, 2.24) is 9.13 Å². The van der Waals surface area contributed by atoms with Gasteiger partial charge < -0.3 is 18.6 Å². The van der Waals surface area contributed by atoms with E-state index in [1.54, 1.807) is 0 Å². The lowest BCUT2D eigenvalue weighted by Gasteiger charge is -2.19. The first-order valence-corrected chi connectivity index (χ1v) is 12.0. The Labute approximate surface area is 206 Å². The van der Waals surface area contributed by atoms with Crippen LogP contribution in [-0.2, 0) is 18.5 Å². The van der Waals surface area contributed by atoms with Crippen molar-refractivity contribution in [1.29, 1.82) is 5.41 Å². The quantitative estimate of drug-likeness (QED) is 0.283. The standard InChI is InChI=1S/C28H32ClN3O2/c1-28(2,3)21-9-13-23(14-10-21)34-20-18-32-26-8-5-4-7-25(26)31(27(32)30)17-6-19-33-24-15-11-22(29)12-16-24/h4-5,7-16,30H,6,17-20H2,1-3H3. The molecule has 1 aromatic heterocycles. The smallest absolute Gasteiger partial charge is 0.203 e. The number of hydrogen-bond donors (Lipinski definition) is 1. The molecule has 0 atom stereocenters. The zero-order valence-electron chi connectivity index (χ0n) is 20.1. The van der Waals surface area contributed by atoms with Gasteiger partial charge in [0, 0.05) is 11.6 Å². The highest BCUT2D eigenvalue weighted by Crippen LogP contribution is 2.24. The number of para-hydroxylation sites is 2. The molecule has 6 heteroatoms. The normalized spacial score (nSPS) is 11.6. The molecule has 1 N–H and O–H groups in total. The fraction of sp³-hybridized carbons (Fsp3) is 0.321. The lowest BCUT2D eigenvalue weighted by Crippen LogP contribution is -2.27. The minimum absolute atomic E-state index is 0.121. The Morgan fingerprint density at radius 1 is 0.735 bits per heavy atom. The van der Waals surface area contributed by atoms with Crippen molar-refractivity contribution >= 4 is 22.6 Å². The van der Waals surface area contributed by atoms with Crippen LogP contribution in [0.1, 0.15) is 32.8 Å². The molecule has 0 saturated carbocycles. The number of halogens is 1. The van der Waals surface area contributed by atoms with Crippen molar-refractivity contribution in [2.24, 2.45) is 0 Å². The second-order valence-corrected chi connectivity index (χ2v) is 9.83. The number of fused-ring (bicyclic) bond motifs is 1. The van der Waals surface area contributed by atoms with E-state index in [4.69, 9.17) is 26.5 Å². The van der Waals surface area contributed by atoms with Gasteiger partial charge >= 0.3 is 0 Å². The van der Waals surface area contributed by atoms with Gasteiger partial charge in [0.15, 0.2) is 0 Å². The molecule has 0 aliphatic rings. The van der Waals surface area contributed by atoms with E-state index in [1.807, 2.05) is 57.7 Å². The number of aryl methyl sites for hydroxylation is 1. The Kier molecular flexibility index (Phi) is 7.32. The number of hydrogen-bond acceptors (Lipinski definition) is 3. The van der Waals surface area contributed by atoms with Crippen molar-refractivity contribution < 1.29 is 9.47 Å². The van der Waals surface area contributed by atoms with E-state index < -0.39 is 0 Å². The molecule has 4 aromatic rings. The van der Waals surface area contributed by atoms with Crippen LogP contribution in [0, 0.1) is 5.41 Å². The van der Waals surface area contributed by atoms with Gasteiger partial charge in [0.05, 0.1) is 24.2 Å². The van der Waals surface area contributed by atoms with Crippen molar-refractivity contribution in [3.05, 3.63) is 89.0 Å². The van der Waals surface area contributed by atoms with Gasteiger partial charge in [-0.1, -0.05) is 56.6 Å². The third-order valence-corrected chi connectivity index (χ3v) is 6.14. The molecule has 0 bridgehead atoms. The Hall–Kier alpha value is -3.18. The maximum atomic E-state index is 8.79. The number of rotatable bonds is 9. The molecule has 1 heterocycles. The summed E-state index contributed by atoms with van der Waals surface area (Å²) in [6, 6.07) is 23.8. The van der Waals surface area contributed by atoms with Crippen LogP contribution < -0.4 is 15.1 Å². The third-order valence-electron chi connectivity index (χ3n) is 5.89. The van der Waals surface area contributed by atoms with E-state index in [2.05, 4.69) is 45.0 Å². The van der Waals surface area contributed by atoms with Crippen molar-refractivity contribution in [3.8, 4) is 11.5 Å². The van der Waals surface area contributed by atoms with Crippen molar-refractivity contribution in [2.45, 2.75) is 45.7 Å². The summed E-state index contributed by atoms with van der Waals surface area (Å²) in [5.41, 5.74) is 3.97. The summed E-state index contributed by atoms with van der Waals surface area (Å²) in [6.45, 7) is 8.99. The fourth-order valence-corrected chi connectivity index (χ4v) is 4.12. The maximum Gasteiger partial charge on any atom is 0.203 e. The average Bonchev–Trinajstić information content (AvgIpc) is 3.09. The average molecular weight is 478 g/mol. The molecular weight excluding hydrogens is 446 g/mol. The number of benzene rings is 3. The maximum absolute atomic E-state index is 8.79. The molecule has 5 nitrogen and oxygen atoms in total. The fourth-order valence-electron chi connectivity index (χ4n) is 4.00. The van der Waals surface area contributed by atoms with Gasteiger partial charge in [-0.2, -0.15) is 0 Å². The van der Waals surface area contributed by atoms with E-state index in [1.165, 1.54) is 5.56 Å². The monoisotopic (exact) mass is 477 g/mol. The van der Waals surface area contributed by atoms with Gasteiger partial charge in [-0.25, -0.2) is 0 Å². The minimum atomic E-state index is 0.121. The predicted octanol–water partition coefficient (Wildman–Crippen LogP) is 6.42. The lowest BCUT2D eigenvalue weighted by molar-refractivity contribution is 0.292. The van der Waals surface area contributed by atoms with Crippen LogP contribution in [0.15, 0.2) is 72.8 Å². The van der Waals surface area contributed by atoms with Crippen LogP contribution in [0.25, 0.3) is 11.0 Å². The summed E-state index contributed by atoms with van der Waals surface area (Å²) >= 11 is 5.93. The molecule has 0 aliphatic carbocycles. The second kappa shape index (κ2) is 10.4. The van der Waals surface area contributed by atoms with E-state index >= 15 is 0 Å². The number of nitrogens with zero attached hydrogens (tertiary/aromatic N) is 2. The van der Waals surface area contributed by atoms with Crippen LogP contribution in [0.3, 0.4) is 0 Å². The highest BCUT2D eigenvalue weighted by atomic mass is 35.5. The molecule has 0 aliphatic heterocycles. The zero-order valence-corrected chi connectivity index (χ0v) is 20.8. The highest BCUT2D eigenvalue weighted by molar-refractivity contribution is 6.30. The first-order valence-electron chi connectivity index (χ1n) is 11.7. The van der Waals surface area contributed by atoms with E-state index in [0.29, 0.717) is 36.9 Å². The molecular formula is C28H32ClN3O2. The minimum Gasteiger partial charge on any atom is -0.494 e. The number of imidazole rings is 1. The molecule has 0 radical (unpaired) electrons. The largest absolute Gasteiger partial charge is 0.494 e. The highest BCUT2D eigenvalue weighted by Gasteiger charge is 2.13. The van der Waals surface area contributed by atoms with Crippen LogP contribution in [0.5, 0.6) is 11.5 Å². The number of ether oxygens (including phenoxy) is 2. The van der Waals surface area contributed by atoms with Gasteiger partial charge in [-0.15, -0.1) is 0 Å². The van der Waals surface area contributed by atoms with Crippen LogP contribution in [0.2, 0.25) is 5.02 Å². The van der Waals surface area contributed by atoms with E-state index in [9.17, 15) is 0 Å². The molecule has 178 valence electrons. The first-order chi connectivity index (χ1) is 16.3. The summed E-state index contributed by atoms with van der Waals surface area (Å²) in [5.74, 6) is 1.65. The van der Waals surface area contributed by atoms with Crippen molar-refractivity contribution in [2.75, 3.05) is 13.2 Å². The van der Waals surface area contributed by atoms with E-state index in [-0.39, 0.29) is 5.41 Å². The van der Waals surface area contributed by atoms with Gasteiger partial charge in [-0.3, -0.25) is 5.41 Å². The van der Waals surface area contributed by atoms with Crippen LogP contribution in [0.4, 0.5) is 0 Å². The number of aromatic nitrogens is 2. The molecule has 3 aromatic carbocycles. The topological polar surface area (TPSA) is 52.2 Å². The molecule has 0 saturated heterocycles. The van der Waals surface area contributed by atoms with Gasteiger partial charge in [0.25, 0.3) is 0 Å². The summed E-state index contributed by atoms with van der Waals surface area (Å²) in [4.78, 5) is 0. The van der Waals surface area contributed by atoms with Crippen molar-refractivity contribution in [3.63, 3.8) is 0 Å². The molecule has 0 fully saturated rings. The van der Waals surface area contributed by atoms with Gasteiger partial charge in [-0.05, 0) is 65.9 Å². The summed E-state index contributed by atoms with van der Waals surface area (Å²) in [7, 11) is 0. The summed E-state index contributed by atoms with van der Waals surface area (Å²) in [5, 5.41) is 9.49. The first kappa shape index (κ1) is 24.0. The van der Waals surface area contributed by atoms with E-state index in [0.717, 1.165) is 29.0 Å². The van der Waals surface area contributed by atoms with Gasteiger partial charge in [0.1, 0.15) is 18.1 Å². The predicted molar refractivity (Wildman–Crippen MR) is 138 cm³/mol. The van der Waals surface area contributed by atoms with Crippen LogP contribution >= 0.6 is 11.6 Å². The number of nitrogens with one attached hydrogen (secondary N) is 1. The Balaban J connectivity index is 1.39. The molecule has 4 rings (SSSR count). The third kappa shape index (κ3) is 5.65. The lowest BCUT2D eigenvalue weighted by atomic mass is 9.87. The Morgan fingerprint density at radius 3 is 1.85 bits per heavy atom.